The quantitative estimate of drug-likeness (QED) is 0.781. The van der Waals surface area contributed by atoms with Gasteiger partial charge in [-0.2, -0.15) is 0 Å². The zero-order valence-electron chi connectivity index (χ0n) is 10.1. The lowest BCUT2D eigenvalue weighted by molar-refractivity contribution is 0.0378. The Bertz CT molecular complexity index is 544. The van der Waals surface area contributed by atoms with Crippen LogP contribution in [-0.4, -0.2) is 12.1 Å². The van der Waals surface area contributed by atoms with E-state index >= 15 is 0 Å². The molecule has 0 fully saturated rings. The summed E-state index contributed by atoms with van der Waals surface area (Å²) >= 11 is 6.09. The Morgan fingerprint density at radius 1 is 1.33 bits per heavy atom. The van der Waals surface area contributed by atoms with Gasteiger partial charge in [-0.05, 0) is 44.2 Å². The molecule has 2 rings (SSSR count). The third-order valence-electron chi connectivity index (χ3n) is 2.33. The van der Waals surface area contributed by atoms with Crippen molar-refractivity contribution in [1.29, 1.82) is 0 Å². The van der Waals surface area contributed by atoms with Gasteiger partial charge in [0, 0.05) is 5.56 Å². The van der Waals surface area contributed by atoms with E-state index in [1.165, 1.54) is 0 Å². The third-order valence-corrected chi connectivity index (χ3v) is 2.66. The Balaban J connectivity index is 2.35. The van der Waals surface area contributed by atoms with Crippen molar-refractivity contribution >= 4 is 17.6 Å². The molecule has 0 atom stereocenters. The number of ether oxygens (including phenoxy) is 1. The molecule has 0 aliphatic carbocycles. The van der Waals surface area contributed by atoms with E-state index in [9.17, 15) is 4.79 Å². The average molecular weight is 265 g/mol. The van der Waals surface area contributed by atoms with E-state index in [-0.39, 0.29) is 12.1 Å². The standard InChI is InChI=1S/C14H13ClO3/c1-9(2)18-14(16)10-5-6-12(15)11(8-10)13-4-3-7-17-13/h3-9H,1-2H3. The van der Waals surface area contributed by atoms with E-state index in [4.69, 9.17) is 20.8 Å². The fraction of sp³-hybridized carbons (Fsp3) is 0.214. The van der Waals surface area contributed by atoms with Gasteiger partial charge in [0.2, 0.25) is 0 Å². The van der Waals surface area contributed by atoms with E-state index < -0.39 is 0 Å². The molecule has 1 aromatic heterocycles. The number of benzene rings is 1. The first-order valence-corrected chi connectivity index (χ1v) is 6.00. The van der Waals surface area contributed by atoms with Gasteiger partial charge >= 0.3 is 5.97 Å². The highest BCUT2D eigenvalue weighted by atomic mass is 35.5. The van der Waals surface area contributed by atoms with Crippen LogP contribution in [0.3, 0.4) is 0 Å². The minimum Gasteiger partial charge on any atom is -0.464 e. The summed E-state index contributed by atoms with van der Waals surface area (Å²) in [6.07, 6.45) is 1.41. The van der Waals surface area contributed by atoms with Crippen LogP contribution in [-0.2, 0) is 4.74 Å². The number of halogens is 1. The van der Waals surface area contributed by atoms with E-state index in [0.717, 1.165) is 0 Å². The predicted molar refractivity (Wildman–Crippen MR) is 69.7 cm³/mol. The smallest absolute Gasteiger partial charge is 0.338 e. The molecule has 0 N–H and O–H groups in total. The first kappa shape index (κ1) is 12.7. The highest BCUT2D eigenvalue weighted by molar-refractivity contribution is 6.33. The second-order valence-corrected chi connectivity index (χ2v) is 4.53. The van der Waals surface area contributed by atoms with Crippen molar-refractivity contribution in [3.8, 4) is 11.3 Å². The minimum absolute atomic E-state index is 0.153. The van der Waals surface area contributed by atoms with Crippen LogP contribution in [0.1, 0.15) is 24.2 Å². The van der Waals surface area contributed by atoms with Crippen LogP contribution in [0.2, 0.25) is 5.02 Å². The third kappa shape index (κ3) is 2.74. The number of carbonyl (C=O) groups excluding carboxylic acids is 1. The predicted octanol–water partition coefficient (Wildman–Crippen LogP) is 4.17. The normalized spacial score (nSPS) is 10.7. The van der Waals surface area contributed by atoms with Gasteiger partial charge in [0.1, 0.15) is 5.76 Å². The summed E-state index contributed by atoms with van der Waals surface area (Å²) in [5, 5.41) is 0.533. The maximum absolute atomic E-state index is 11.8. The van der Waals surface area contributed by atoms with E-state index in [1.807, 2.05) is 0 Å². The number of hydrogen-bond donors (Lipinski definition) is 0. The maximum Gasteiger partial charge on any atom is 0.338 e. The van der Waals surface area contributed by atoms with Gasteiger partial charge < -0.3 is 9.15 Å². The molecule has 0 spiro atoms. The summed E-state index contributed by atoms with van der Waals surface area (Å²) in [6, 6.07) is 8.53. The van der Waals surface area contributed by atoms with Gasteiger partial charge in [0.15, 0.2) is 0 Å². The lowest BCUT2D eigenvalue weighted by Gasteiger charge is -2.09. The zero-order valence-corrected chi connectivity index (χ0v) is 10.9. The monoisotopic (exact) mass is 264 g/mol. The number of carbonyl (C=O) groups is 1. The fourth-order valence-corrected chi connectivity index (χ4v) is 1.77. The number of esters is 1. The first-order valence-electron chi connectivity index (χ1n) is 5.62. The molecule has 18 heavy (non-hydrogen) atoms. The minimum atomic E-state index is -0.366. The highest BCUT2D eigenvalue weighted by Crippen LogP contribution is 2.29. The van der Waals surface area contributed by atoms with Crippen LogP contribution >= 0.6 is 11.6 Å². The lowest BCUT2D eigenvalue weighted by Crippen LogP contribution is -2.11. The van der Waals surface area contributed by atoms with Gasteiger partial charge in [-0.3, -0.25) is 0 Å². The molecule has 0 aliphatic heterocycles. The van der Waals surface area contributed by atoms with Crippen molar-refractivity contribution in [2.24, 2.45) is 0 Å². The molecule has 4 heteroatoms. The van der Waals surface area contributed by atoms with Gasteiger partial charge in [-0.15, -0.1) is 0 Å². The van der Waals surface area contributed by atoms with Crippen molar-refractivity contribution in [3.63, 3.8) is 0 Å². The molecule has 3 nitrogen and oxygen atoms in total. The number of furan rings is 1. The Morgan fingerprint density at radius 3 is 2.72 bits per heavy atom. The molecule has 0 bridgehead atoms. The van der Waals surface area contributed by atoms with Crippen molar-refractivity contribution < 1.29 is 13.9 Å². The van der Waals surface area contributed by atoms with Crippen molar-refractivity contribution in [1.82, 2.24) is 0 Å². The van der Waals surface area contributed by atoms with Crippen molar-refractivity contribution in [2.45, 2.75) is 20.0 Å². The number of hydrogen-bond acceptors (Lipinski definition) is 3. The molecular formula is C14H13ClO3. The van der Waals surface area contributed by atoms with Crippen LogP contribution in [0, 0.1) is 0 Å². The highest BCUT2D eigenvalue weighted by Gasteiger charge is 2.13. The second kappa shape index (κ2) is 5.27. The second-order valence-electron chi connectivity index (χ2n) is 4.13. The summed E-state index contributed by atoms with van der Waals surface area (Å²) in [4.78, 5) is 11.8. The van der Waals surface area contributed by atoms with Crippen LogP contribution < -0.4 is 0 Å². The first-order chi connectivity index (χ1) is 8.58. The molecule has 0 saturated heterocycles. The molecule has 1 heterocycles. The molecular weight excluding hydrogens is 252 g/mol. The molecule has 0 aliphatic rings. The summed E-state index contributed by atoms with van der Waals surface area (Å²) in [5.74, 6) is 0.258. The molecule has 2 aromatic rings. The zero-order chi connectivity index (χ0) is 13.1. The van der Waals surface area contributed by atoms with Gasteiger partial charge in [0.05, 0.1) is 23.0 Å². The summed E-state index contributed by atoms with van der Waals surface area (Å²) in [7, 11) is 0. The molecule has 0 amide bonds. The average Bonchev–Trinajstić information content (AvgIpc) is 2.82. The van der Waals surface area contributed by atoms with Crippen molar-refractivity contribution in [3.05, 3.63) is 47.2 Å². The van der Waals surface area contributed by atoms with E-state index in [0.29, 0.717) is 21.9 Å². The topological polar surface area (TPSA) is 39.4 Å². The molecule has 0 unspecified atom stereocenters. The van der Waals surface area contributed by atoms with Gasteiger partial charge in [-0.25, -0.2) is 4.79 Å². The van der Waals surface area contributed by atoms with Crippen LogP contribution in [0.4, 0.5) is 0 Å². The van der Waals surface area contributed by atoms with Gasteiger partial charge in [-0.1, -0.05) is 11.6 Å². The van der Waals surface area contributed by atoms with Gasteiger partial charge in [0.25, 0.3) is 0 Å². The van der Waals surface area contributed by atoms with E-state index in [2.05, 4.69) is 0 Å². The maximum atomic E-state index is 11.8. The largest absolute Gasteiger partial charge is 0.464 e. The molecule has 94 valence electrons. The Hall–Kier alpha value is -1.74. The summed E-state index contributed by atoms with van der Waals surface area (Å²) < 4.78 is 10.4. The number of rotatable bonds is 3. The summed E-state index contributed by atoms with van der Waals surface area (Å²) in [6.45, 7) is 3.61. The van der Waals surface area contributed by atoms with Crippen LogP contribution in [0.25, 0.3) is 11.3 Å². The lowest BCUT2D eigenvalue weighted by atomic mass is 10.1. The van der Waals surface area contributed by atoms with E-state index in [1.54, 1.807) is 50.4 Å². The molecule has 0 radical (unpaired) electrons. The molecule has 0 saturated carbocycles. The molecule has 1 aromatic carbocycles. The van der Waals surface area contributed by atoms with Crippen LogP contribution in [0.15, 0.2) is 41.0 Å². The summed E-state index contributed by atoms with van der Waals surface area (Å²) in [5.41, 5.74) is 1.14. The van der Waals surface area contributed by atoms with Crippen LogP contribution in [0.5, 0.6) is 0 Å². The Kier molecular flexibility index (Phi) is 3.72. The Labute approximate surface area is 110 Å². The SMILES string of the molecule is CC(C)OC(=O)c1ccc(Cl)c(-c2ccco2)c1. The Morgan fingerprint density at radius 2 is 2.11 bits per heavy atom. The van der Waals surface area contributed by atoms with Crippen molar-refractivity contribution in [2.75, 3.05) is 0 Å². The fourth-order valence-electron chi connectivity index (χ4n) is 1.56.